The zero-order valence-corrected chi connectivity index (χ0v) is 26.2. The van der Waals surface area contributed by atoms with Gasteiger partial charge in [0.1, 0.15) is 5.82 Å². The largest absolute Gasteiger partial charge is 0.436 e. The number of ether oxygens (including phenoxy) is 1. The van der Waals surface area contributed by atoms with Gasteiger partial charge in [-0.25, -0.2) is 14.6 Å². The highest BCUT2D eigenvalue weighted by Crippen LogP contribution is 2.26. The zero-order chi connectivity index (χ0) is 31.3. The Morgan fingerprint density at radius 3 is 2.40 bits per heavy atom. The molecular formula is C33H46N8O4. The van der Waals surface area contributed by atoms with Gasteiger partial charge in [0.2, 0.25) is 0 Å². The number of pyridine rings is 1. The fraction of sp³-hybridized carbons (Fsp3) is 0.576. The molecule has 3 saturated heterocycles. The molecule has 0 spiro atoms. The van der Waals surface area contributed by atoms with Crippen molar-refractivity contribution in [3.05, 3.63) is 53.2 Å². The molecule has 1 aromatic heterocycles. The van der Waals surface area contributed by atoms with Crippen LogP contribution in [0.3, 0.4) is 0 Å². The molecule has 1 aromatic carbocycles. The molecular weight excluding hydrogens is 572 g/mol. The number of nitrogens with zero attached hydrogens (tertiary/aromatic N) is 5. The van der Waals surface area contributed by atoms with E-state index in [1.165, 1.54) is 0 Å². The Balaban J connectivity index is 1.07. The topological polar surface area (TPSA) is 136 Å². The predicted molar refractivity (Wildman–Crippen MR) is 172 cm³/mol. The molecule has 4 N–H and O–H groups in total. The summed E-state index contributed by atoms with van der Waals surface area (Å²) in [7, 11) is 0. The molecule has 12 heteroatoms. The Morgan fingerprint density at radius 1 is 0.978 bits per heavy atom. The first kappa shape index (κ1) is 31.1. The number of carbonyl (C=O) groups excluding carboxylic acids is 3. The fourth-order valence-electron chi connectivity index (χ4n) is 7.15. The lowest BCUT2D eigenvalue weighted by molar-refractivity contribution is -0.142. The summed E-state index contributed by atoms with van der Waals surface area (Å²) >= 11 is 0. The molecule has 3 fully saturated rings. The summed E-state index contributed by atoms with van der Waals surface area (Å²) in [6.45, 7) is 8.80. The minimum Gasteiger partial charge on any atom is -0.436 e. The lowest BCUT2D eigenvalue weighted by Crippen LogP contribution is -2.54. The number of hydrogen-bond donors (Lipinski definition) is 3. The van der Waals surface area contributed by atoms with Crippen LogP contribution in [0, 0.1) is 6.92 Å². The van der Waals surface area contributed by atoms with Crippen molar-refractivity contribution in [3.8, 4) is 0 Å². The number of carbonyl (C=O) groups is 3. The van der Waals surface area contributed by atoms with Gasteiger partial charge in [-0.2, -0.15) is 0 Å². The second-order valence-electron chi connectivity index (χ2n) is 12.7. The molecule has 0 saturated carbocycles. The molecule has 242 valence electrons. The quantitative estimate of drug-likeness (QED) is 0.449. The first-order chi connectivity index (χ1) is 21.9. The van der Waals surface area contributed by atoms with Gasteiger partial charge in [0, 0.05) is 89.3 Å². The second kappa shape index (κ2) is 14.0. The van der Waals surface area contributed by atoms with E-state index in [1.54, 1.807) is 11.1 Å². The van der Waals surface area contributed by atoms with Gasteiger partial charge >= 0.3 is 12.1 Å². The number of aryl methyl sites for hydroxylation is 1. The Morgan fingerprint density at radius 2 is 1.67 bits per heavy atom. The Labute approximate surface area is 265 Å². The number of benzene rings is 1. The second-order valence-corrected chi connectivity index (χ2v) is 12.7. The standard InChI is InChI=1S/C33H46N8O4/c1-23-20-24(22-36-30(23)34)21-29(31(42)39-13-7-26(8-14-39)38-18-11-35-12-19-38)45-33(44)40-15-9-27(10-16-40)41-17-6-25-4-2-3-5-28(25)37-32(41)43/h2-5,20,22,26-27,29,35H,6-19,21H2,1H3,(H2,34,36)(H,37,43). The van der Waals surface area contributed by atoms with E-state index < -0.39 is 12.2 Å². The van der Waals surface area contributed by atoms with E-state index in [0.29, 0.717) is 57.4 Å². The number of piperidine rings is 2. The summed E-state index contributed by atoms with van der Waals surface area (Å²) in [5.41, 5.74) is 9.56. The van der Waals surface area contributed by atoms with E-state index in [9.17, 15) is 14.4 Å². The number of urea groups is 1. The smallest absolute Gasteiger partial charge is 0.410 e. The van der Waals surface area contributed by atoms with Crippen molar-refractivity contribution in [2.24, 2.45) is 0 Å². The highest BCUT2D eigenvalue weighted by molar-refractivity contribution is 5.91. The Hall–Kier alpha value is -3.90. The van der Waals surface area contributed by atoms with Crippen molar-refractivity contribution in [1.29, 1.82) is 0 Å². The van der Waals surface area contributed by atoms with E-state index >= 15 is 0 Å². The number of aromatic nitrogens is 1. The van der Waals surface area contributed by atoms with Crippen molar-refractivity contribution in [1.82, 2.24) is 29.9 Å². The molecule has 12 nitrogen and oxygen atoms in total. The molecule has 4 amide bonds. The third-order valence-corrected chi connectivity index (χ3v) is 9.86. The predicted octanol–water partition coefficient (Wildman–Crippen LogP) is 2.47. The first-order valence-electron chi connectivity index (χ1n) is 16.4. The van der Waals surface area contributed by atoms with Crippen LogP contribution in [0.1, 0.15) is 42.4 Å². The number of rotatable bonds is 6. The highest BCUT2D eigenvalue weighted by Gasteiger charge is 2.36. The molecule has 4 aliphatic rings. The number of nitrogens with one attached hydrogen (secondary N) is 2. The van der Waals surface area contributed by atoms with E-state index in [-0.39, 0.29) is 24.4 Å². The Kier molecular flexibility index (Phi) is 9.70. The van der Waals surface area contributed by atoms with Gasteiger partial charge < -0.3 is 35.8 Å². The number of nitrogen functional groups attached to an aromatic ring is 1. The van der Waals surface area contributed by atoms with E-state index in [4.69, 9.17) is 10.5 Å². The van der Waals surface area contributed by atoms with Crippen LogP contribution in [-0.2, 0) is 22.4 Å². The van der Waals surface area contributed by atoms with Crippen molar-refractivity contribution >= 4 is 29.5 Å². The van der Waals surface area contributed by atoms with Gasteiger partial charge in [-0.15, -0.1) is 0 Å². The highest BCUT2D eigenvalue weighted by atomic mass is 16.6. The van der Waals surface area contributed by atoms with Gasteiger partial charge in [-0.1, -0.05) is 24.3 Å². The Bertz CT molecular complexity index is 1370. The van der Waals surface area contributed by atoms with Gasteiger partial charge in [-0.3, -0.25) is 9.69 Å². The third kappa shape index (κ3) is 7.33. The van der Waals surface area contributed by atoms with Crippen LogP contribution in [0.5, 0.6) is 0 Å². The zero-order valence-electron chi connectivity index (χ0n) is 26.2. The molecule has 0 aliphatic carbocycles. The van der Waals surface area contributed by atoms with Crippen LogP contribution in [0.4, 0.5) is 21.1 Å². The number of para-hydroxylation sites is 1. The van der Waals surface area contributed by atoms with Crippen molar-refractivity contribution in [2.75, 3.05) is 70.0 Å². The van der Waals surface area contributed by atoms with Crippen molar-refractivity contribution in [3.63, 3.8) is 0 Å². The van der Waals surface area contributed by atoms with E-state index in [0.717, 1.165) is 67.8 Å². The number of hydrogen-bond acceptors (Lipinski definition) is 8. The van der Waals surface area contributed by atoms with Crippen LogP contribution >= 0.6 is 0 Å². The molecule has 0 bridgehead atoms. The lowest BCUT2D eigenvalue weighted by atomic mass is 10.0. The van der Waals surface area contributed by atoms with Gasteiger partial charge in [0.15, 0.2) is 6.10 Å². The molecule has 0 radical (unpaired) electrons. The minimum atomic E-state index is -0.953. The summed E-state index contributed by atoms with van der Waals surface area (Å²) in [5, 5.41) is 6.45. The average Bonchev–Trinajstić information content (AvgIpc) is 3.24. The maximum absolute atomic E-state index is 13.9. The first-order valence-corrected chi connectivity index (χ1v) is 16.4. The maximum Gasteiger partial charge on any atom is 0.410 e. The normalized spacial score (nSPS) is 21.1. The molecule has 6 rings (SSSR count). The van der Waals surface area contributed by atoms with E-state index in [2.05, 4.69) is 20.5 Å². The van der Waals surface area contributed by atoms with Gasteiger partial charge in [0.05, 0.1) is 0 Å². The number of fused-ring (bicyclic) bond motifs is 1. The minimum absolute atomic E-state index is 0.0293. The maximum atomic E-state index is 13.9. The number of piperazine rings is 1. The van der Waals surface area contributed by atoms with Crippen molar-refractivity contribution in [2.45, 2.75) is 63.6 Å². The molecule has 2 aromatic rings. The molecule has 5 heterocycles. The summed E-state index contributed by atoms with van der Waals surface area (Å²) in [6.07, 6.45) is 4.36. The number of anilines is 2. The van der Waals surface area contributed by atoms with Crippen LogP contribution in [-0.4, -0.2) is 120 Å². The van der Waals surface area contributed by atoms with Gasteiger partial charge in [0.25, 0.3) is 5.91 Å². The lowest BCUT2D eigenvalue weighted by Gasteiger charge is -2.41. The summed E-state index contributed by atoms with van der Waals surface area (Å²) < 4.78 is 6.01. The van der Waals surface area contributed by atoms with Crippen LogP contribution in [0.2, 0.25) is 0 Å². The average molecular weight is 619 g/mol. The van der Waals surface area contributed by atoms with Crippen LogP contribution < -0.4 is 16.4 Å². The number of amides is 4. The van der Waals surface area contributed by atoms with Crippen molar-refractivity contribution < 1.29 is 19.1 Å². The summed E-state index contributed by atoms with van der Waals surface area (Å²) in [4.78, 5) is 52.7. The van der Waals surface area contributed by atoms with E-state index in [1.807, 2.05) is 47.1 Å². The third-order valence-electron chi connectivity index (χ3n) is 9.86. The fourth-order valence-corrected chi connectivity index (χ4v) is 7.15. The summed E-state index contributed by atoms with van der Waals surface area (Å²) in [6, 6.07) is 10.2. The molecule has 45 heavy (non-hydrogen) atoms. The number of likely N-dealkylation sites (tertiary alicyclic amines) is 2. The van der Waals surface area contributed by atoms with Gasteiger partial charge in [-0.05, 0) is 61.8 Å². The molecule has 1 unspecified atom stereocenters. The molecule has 4 aliphatic heterocycles. The van der Waals surface area contributed by atoms with Crippen LogP contribution in [0.15, 0.2) is 36.5 Å². The van der Waals surface area contributed by atoms with Crippen LogP contribution in [0.25, 0.3) is 0 Å². The SMILES string of the molecule is Cc1cc(CC(OC(=O)N2CCC(N3CCc4ccccc4NC3=O)CC2)C(=O)N2CCC(N3CCNCC3)CC2)cnc1N. The molecule has 1 atom stereocenters. The monoisotopic (exact) mass is 618 g/mol. The summed E-state index contributed by atoms with van der Waals surface area (Å²) in [5.74, 6) is 0.283. The number of nitrogens with two attached hydrogens (primary N) is 1.